The van der Waals surface area contributed by atoms with Gasteiger partial charge in [0, 0.05) is 10.0 Å². The number of benzene rings is 1. The fraction of sp³-hybridized carbons (Fsp3) is 0.0769. The highest BCUT2D eigenvalue weighted by Crippen LogP contribution is 2.43. The quantitative estimate of drug-likeness (QED) is 0.810. The first-order chi connectivity index (χ1) is 9.49. The maximum Gasteiger partial charge on any atom is 0.127 e. The summed E-state index contributed by atoms with van der Waals surface area (Å²) in [5.41, 5.74) is 12.0. The molecule has 0 bridgehead atoms. The second kappa shape index (κ2) is 5.58. The molecule has 20 heavy (non-hydrogen) atoms. The van der Waals surface area contributed by atoms with Gasteiger partial charge in [0.05, 0.1) is 39.3 Å². The first-order valence-electron chi connectivity index (χ1n) is 5.41. The molecule has 2 rings (SSSR count). The monoisotopic (exact) mass is 350 g/mol. The van der Waals surface area contributed by atoms with Crippen LogP contribution in [-0.4, -0.2) is 0 Å². The van der Waals surface area contributed by atoms with Crippen molar-refractivity contribution in [3.8, 4) is 12.1 Å². The molecule has 100 valence electrons. The normalized spacial score (nSPS) is 16.0. The topological polar surface area (TPSA) is 99.6 Å². The van der Waals surface area contributed by atoms with Crippen LogP contribution in [0.25, 0.3) is 0 Å². The van der Waals surface area contributed by atoms with Crippen LogP contribution in [0.2, 0.25) is 0 Å². The van der Waals surface area contributed by atoms with Crippen molar-refractivity contribution in [2.75, 3.05) is 0 Å². The molecule has 0 radical (unpaired) electrons. The van der Waals surface area contributed by atoms with Crippen molar-refractivity contribution in [2.45, 2.75) is 5.92 Å². The number of allylic oxidation sites excluding steroid dienone is 2. The highest BCUT2D eigenvalue weighted by molar-refractivity contribution is 9.10. The maximum absolute atomic E-state index is 14.1. The number of thioether (sulfide) groups is 1. The Labute approximate surface area is 127 Å². The van der Waals surface area contributed by atoms with Crippen molar-refractivity contribution in [1.82, 2.24) is 0 Å². The van der Waals surface area contributed by atoms with Crippen LogP contribution in [0.5, 0.6) is 0 Å². The number of rotatable bonds is 1. The molecule has 7 heteroatoms. The molecule has 4 N–H and O–H groups in total. The van der Waals surface area contributed by atoms with Gasteiger partial charge in [-0.15, -0.1) is 0 Å². The number of halogens is 2. The molecule has 1 heterocycles. The van der Waals surface area contributed by atoms with E-state index in [4.69, 9.17) is 11.5 Å². The zero-order valence-electron chi connectivity index (χ0n) is 10.0. The summed E-state index contributed by atoms with van der Waals surface area (Å²) >= 11 is 4.20. The summed E-state index contributed by atoms with van der Waals surface area (Å²) in [7, 11) is 0. The summed E-state index contributed by atoms with van der Waals surface area (Å²) in [6, 6.07) is 8.21. The smallest absolute Gasteiger partial charge is 0.127 e. The number of nitrogens with zero attached hydrogens (tertiary/aromatic N) is 2. The van der Waals surface area contributed by atoms with Gasteiger partial charge in [0.15, 0.2) is 0 Å². The zero-order valence-corrected chi connectivity index (χ0v) is 12.4. The Kier molecular flexibility index (Phi) is 4.03. The fourth-order valence-corrected chi connectivity index (χ4v) is 3.11. The van der Waals surface area contributed by atoms with Crippen molar-refractivity contribution in [1.29, 1.82) is 10.5 Å². The molecule has 0 amide bonds. The van der Waals surface area contributed by atoms with Crippen LogP contribution in [0.15, 0.2) is 43.9 Å². The van der Waals surface area contributed by atoms with E-state index in [0.29, 0.717) is 4.47 Å². The van der Waals surface area contributed by atoms with E-state index in [1.54, 1.807) is 0 Å². The Balaban J connectivity index is 2.72. The van der Waals surface area contributed by atoms with E-state index < -0.39 is 11.7 Å². The van der Waals surface area contributed by atoms with Gasteiger partial charge in [-0.2, -0.15) is 10.5 Å². The lowest BCUT2D eigenvalue weighted by Gasteiger charge is -2.24. The third-order valence-electron chi connectivity index (χ3n) is 2.84. The Morgan fingerprint density at radius 1 is 1.15 bits per heavy atom. The van der Waals surface area contributed by atoms with Crippen molar-refractivity contribution in [3.63, 3.8) is 0 Å². The summed E-state index contributed by atoms with van der Waals surface area (Å²) in [5, 5.41) is 18.9. The average molecular weight is 351 g/mol. The summed E-state index contributed by atoms with van der Waals surface area (Å²) in [6.45, 7) is 0. The third-order valence-corrected chi connectivity index (χ3v) is 4.21. The van der Waals surface area contributed by atoms with Crippen LogP contribution in [-0.2, 0) is 0 Å². The summed E-state index contributed by atoms with van der Waals surface area (Å²) < 4.78 is 14.7. The lowest BCUT2D eigenvalue weighted by molar-refractivity contribution is 0.606. The summed E-state index contributed by atoms with van der Waals surface area (Å²) in [4.78, 5) is 0. The second-order valence-electron chi connectivity index (χ2n) is 3.98. The molecule has 1 aliphatic heterocycles. The minimum Gasteiger partial charge on any atom is -0.392 e. The average Bonchev–Trinajstić information content (AvgIpc) is 2.41. The first-order valence-corrected chi connectivity index (χ1v) is 7.02. The molecule has 0 unspecified atom stereocenters. The lowest BCUT2D eigenvalue weighted by Crippen LogP contribution is -2.19. The van der Waals surface area contributed by atoms with Crippen LogP contribution in [0.4, 0.5) is 4.39 Å². The van der Waals surface area contributed by atoms with E-state index in [2.05, 4.69) is 15.9 Å². The molecule has 0 aromatic heterocycles. The van der Waals surface area contributed by atoms with Crippen LogP contribution in [0.3, 0.4) is 0 Å². The number of nitriles is 2. The van der Waals surface area contributed by atoms with Crippen LogP contribution in [0, 0.1) is 28.5 Å². The van der Waals surface area contributed by atoms with Crippen LogP contribution in [0.1, 0.15) is 11.5 Å². The molecular formula is C13H8BrFN4S. The highest BCUT2D eigenvalue weighted by Gasteiger charge is 2.32. The third kappa shape index (κ3) is 2.38. The molecule has 1 aromatic carbocycles. The van der Waals surface area contributed by atoms with E-state index in [1.165, 1.54) is 18.2 Å². The molecule has 0 saturated heterocycles. The standard InChI is InChI=1S/C13H8BrFN4S/c14-6-1-2-10(15)7(3-6)11-8(4-16)12(18)20-13(19)9(11)5-17/h1-3,11H,18-19H2. The van der Waals surface area contributed by atoms with E-state index in [0.717, 1.165) is 11.8 Å². The number of nitrogens with two attached hydrogens (primary N) is 2. The van der Waals surface area contributed by atoms with Crippen LogP contribution < -0.4 is 11.5 Å². The minimum absolute atomic E-state index is 0.137. The molecule has 0 fully saturated rings. The minimum atomic E-state index is -0.872. The fourth-order valence-electron chi connectivity index (χ4n) is 1.94. The molecule has 0 saturated carbocycles. The van der Waals surface area contributed by atoms with Gasteiger partial charge in [-0.25, -0.2) is 4.39 Å². The van der Waals surface area contributed by atoms with E-state index >= 15 is 0 Å². The summed E-state index contributed by atoms with van der Waals surface area (Å²) in [6.07, 6.45) is 0. The molecule has 0 spiro atoms. The van der Waals surface area contributed by atoms with Crippen molar-refractivity contribution in [2.24, 2.45) is 11.5 Å². The Morgan fingerprint density at radius 3 is 2.20 bits per heavy atom. The van der Waals surface area contributed by atoms with Gasteiger partial charge in [0.25, 0.3) is 0 Å². The van der Waals surface area contributed by atoms with Gasteiger partial charge < -0.3 is 11.5 Å². The Hall–Kier alpha value is -1.96. The second-order valence-corrected chi connectivity index (χ2v) is 5.98. The van der Waals surface area contributed by atoms with Gasteiger partial charge >= 0.3 is 0 Å². The molecule has 1 aliphatic rings. The first kappa shape index (κ1) is 14.4. The van der Waals surface area contributed by atoms with Crippen molar-refractivity contribution < 1.29 is 4.39 Å². The van der Waals surface area contributed by atoms with Gasteiger partial charge in [-0.05, 0) is 18.2 Å². The van der Waals surface area contributed by atoms with Gasteiger partial charge in [0.2, 0.25) is 0 Å². The van der Waals surface area contributed by atoms with E-state index in [1.807, 2.05) is 12.1 Å². The molecular weight excluding hydrogens is 343 g/mol. The zero-order chi connectivity index (χ0) is 14.9. The number of hydrogen-bond acceptors (Lipinski definition) is 5. The highest BCUT2D eigenvalue weighted by atomic mass is 79.9. The summed E-state index contributed by atoms with van der Waals surface area (Å²) in [5.74, 6) is -1.39. The predicted octanol–water partition coefficient (Wildman–Crippen LogP) is 2.81. The molecule has 0 aliphatic carbocycles. The SMILES string of the molecule is N#CC1=C(N)SC(N)=C(C#N)C1c1cc(Br)ccc1F. The molecule has 1 aromatic rings. The van der Waals surface area contributed by atoms with Gasteiger partial charge in [-0.1, -0.05) is 27.7 Å². The van der Waals surface area contributed by atoms with E-state index in [-0.39, 0.29) is 26.8 Å². The number of hydrogen-bond donors (Lipinski definition) is 2. The van der Waals surface area contributed by atoms with Crippen LogP contribution >= 0.6 is 27.7 Å². The largest absolute Gasteiger partial charge is 0.392 e. The molecule has 0 atom stereocenters. The maximum atomic E-state index is 14.1. The molecule has 4 nitrogen and oxygen atoms in total. The van der Waals surface area contributed by atoms with Gasteiger partial charge in [-0.3, -0.25) is 0 Å². The predicted molar refractivity (Wildman–Crippen MR) is 78.1 cm³/mol. The Bertz CT molecular complexity index is 691. The van der Waals surface area contributed by atoms with Gasteiger partial charge in [0.1, 0.15) is 5.82 Å². The van der Waals surface area contributed by atoms with Crippen molar-refractivity contribution >= 4 is 27.7 Å². The Morgan fingerprint density at radius 2 is 1.70 bits per heavy atom. The van der Waals surface area contributed by atoms with Crippen molar-refractivity contribution in [3.05, 3.63) is 55.3 Å². The lowest BCUT2D eigenvalue weighted by atomic mass is 9.85. The van der Waals surface area contributed by atoms with E-state index in [9.17, 15) is 14.9 Å².